The van der Waals surface area contributed by atoms with Crippen LogP contribution in [0.5, 0.6) is 0 Å². The minimum absolute atomic E-state index is 0.0461. The van der Waals surface area contributed by atoms with Crippen molar-refractivity contribution in [3.8, 4) is 0 Å². The smallest absolute Gasteiger partial charge is 0.290 e. The number of carbonyl (C=O) groups excluding carboxylic acids is 2. The van der Waals surface area contributed by atoms with E-state index in [0.29, 0.717) is 24.1 Å². The Kier molecular flexibility index (Phi) is 6.84. The summed E-state index contributed by atoms with van der Waals surface area (Å²) in [4.78, 5) is 30.4. The van der Waals surface area contributed by atoms with Crippen molar-refractivity contribution in [2.24, 2.45) is 0 Å². The van der Waals surface area contributed by atoms with Gasteiger partial charge in [0.1, 0.15) is 11.4 Å². The molecule has 2 aromatic carbocycles. The Morgan fingerprint density at radius 3 is 2.50 bits per heavy atom. The van der Waals surface area contributed by atoms with E-state index in [1.165, 1.54) is 17.0 Å². The summed E-state index contributed by atoms with van der Waals surface area (Å²) < 4.78 is 19.4. The number of hydrogen-bond acceptors (Lipinski definition) is 5. The van der Waals surface area contributed by atoms with E-state index in [0.717, 1.165) is 30.6 Å². The molecule has 1 unspecified atom stereocenters. The fraction of sp³-hybridized carbons (Fsp3) is 0.333. The summed E-state index contributed by atoms with van der Waals surface area (Å²) in [6.45, 7) is 9.00. The highest BCUT2D eigenvalue weighted by Crippen LogP contribution is 2.39. The van der Waals surface area contributed by atoms with Crippen LogP contribution in [0.2, 0.25) is 0 Å². The number of fused-ring (bicyclic) bond motifs is 1. The van der Waals surface area contributed by atoms with Crippen LogP contribution in [0.4, 0.5) is 4.39 Å². The first-order valence-electron chi connectivity index (χ1n) is 11.6. The number of hydrogen-bond donors (Lipinski definition) is 1. The molecule has 0 bridgehead atoms. The molecule has 178 valence electrons. The van der Waals surface area contributed by atoms with Gasteiger partial charge in [-0.25, -0.2) is 4.39 Å². The van der Waals surface area contributed by atoms with Gasteiger partial charge in [-0.05, 0) is 68.9 Å². The molecule has 0 saturated carbocycles. The molecule has 1 aromatic heterocycles. The zero-order valence-electron chi connectivity index (χ0n) is 19.7. The molecule has 1 N–H and O–H groups in total. The summed E-state index contributed by atoms with van der Waals surface area (Å²) in [5, 5.41) is 11.6. The number of nitrogens with zero attached hydrogens (tertiary/aromatic N) is 2. The number of carbonyl (C=O) groups is 2. The summed E-state index contributed by atoms with van der Waals surface area (Å²) in [6.07, 6.45) is 0.670. The van der Waals surface area contributed by atoms with E-state index in [1.807, 2.05) is 19.1 Å². The quantitative estimate of drug-likeness (QED) is 0.441. The average molecular weight is 465 g/mol. The summed E-state index contributed by atoms with van der Waals surface area (Å²) >= 11 is 0. The number of Topliss-reactive ketones (excluding diaryl/α,β-unsaturated/α-hetero) is 1. The lowest BCUT2D eigenvalue weighted by Gasteiger charge is -2.28. The maximum absolute atomic E-state index is 13.6. The Balaban J connectivity index is 1.70. The number of furan rings is 1. The number of benzene rings is 2. The second-order valence-electron chi connectivity index (χ2n) is 8.58. The highest BCUT2D eigenvalue weighted by Gasteiger charge is 2.44. The molecule has 0 spiro atoms. The molecule has 1 atom stereocenters. The average Bonchev–Trinajstić information content (AvgIpc) is 3.36. The Hall–Kier alpha value is -3.45. The van der Waals surface area contributed by atoms with Gasteiger partial charge in [0.2, 0.25) is 5.78 Å². The topological polar surface area (TPSA) is 74.0 Å². The van der Waals surface area contributed by atoms with Crippen LogP contribution in [0.1, 0.15) is 48.0 Å². The zero-order chi connectivity index (χ0) is 24.4. The molecule has 6 nitrogen and oxygen atoms in total. The Morgan fingerprint density at radius 1 is 1.12 bits per heavy atom. The molecule has 4 rings (SSSR count). The Morgan fingerprint density at radius 2 is 1.82 bits per heavy atom. The van der Waals surface area contributed by atoms with Gasteiger partial charge >= 0.3 is 0 Å². The molecule has 7 heteroatoms. The van der Waals surface area contributed by atoms with E-state index in [4.69, 9.17) is 4.42 Å². The molecule has 1 aliphatic heterocycles. The van der Waals surface area contributed by atoms with E-state index < -0.39 is 29.3 Å². The highest BCUT2D eigenvalue weighted by molar-refractivity contribution is 6.16. The van der Waals surface area contributed by atoms with Crippen molar-refractivity contribution in [1.82, 2.24) is 9.80 Å². The number of aliphatic hydroxyl groups is 1. The maximum atomic E-state index is 13.6. The van der Waals surface area contributed by atoms with E-state index in [-0.39, 0.29) is 11.3 Å². The zero-order valence-corrected chi connectivity index (χ0v) is 19.7. The minimum atomic E-state index is -0.827. The molecule has 0 radical (unpaired) electrons. The van der Waals surface area contributed by atoms with Gasteiger partial charge in [0.15, 0.2) is 11.5 Å². The third-order valence-corrected chi connectivity index (χ3v) is 6.40. The van der Waals surface area contributed by atoms with Gasteiger partial charge in [0.05, 0.1) is 11.6 Å². The minimum Gasteiger partial charge on any atom is -0.503 e. The van der Waals surface area contributed by atoms with Crippen LogP contribution >= 0.6 is 0 Å². The lowest BCUT2D eigenvalue weighted by atomic mass is 9.95. The number of aliphatic hydroxyl groups excluding tert-OH is 1. The number of ketones is 1. The molecule has 0 fully saturated rings. The summed E-state index contributed by atoms with van der Waals surface area (Å²) in [5.41, 5.74) is 2.08. The first-order chi connectivity index (χ1) is 16.3. The molecule has 1 amide bonds. The van der Waals surface area contributed by atoms with Crippen LogP contribution in [0.15, 0.2) is 64.3 Å². The fourth-order valence-corrected chi connectivity index (χ4v) is 4.52. The number of aryl methyl sites for hydroxylation is 1. The molecule has 3 aromatic rings. The SMILES string of the molecule is CCN(CC)CCCN1C(=O)C(O)=C(C(=O)c2cc3cc(C)ccc3o2)C1c1ccc(F)cc1. The van der Waals surface area contributed by atoms with E-state index in [1.54, 1.807) is 24.3 Å². The Bertz CT molecular complexity index is 1240. The maximum Gasteiger partial charge on any atom is 0.290 e. The number of halogens is 1. The molecule has 1 aliphatic rings. The van der Waals surface area contributed by atoms with Gasteiger partial charge in [-0.3, -0.25) is 9.59 Å². The van der Waals surface area contributed by atoms with Gasteiger partial charge in [-0.1, -0.05) is 37.6 Å². The predicted octanol–water partition coefficient (Wildman–Crippen LogP) is 5.19. The highest BCUT2D eigenvalue weighted by atomic mass is 19.1. The van der Waals surface area contributed by atoms with Crippen LogP contribution in [-0.4, -0.2) is 52.8 Å². The van der Waals surface area contributed by atoms with Gasteiger partial charge in [0, 0.05) is 11.9 Å². The van der Waals surface area contributed by atoms with E-state index in [2.05, 4.69) is 18.7 Å². The van der Waals surface area contributed by atoms with Crippen molar-refractivity contribution in [3.63, 3.8) is 0 Å². The first kappa shape index (κ1) is 23.7. The molecular weight excluding hydrogens is 435 g/mol. The van der Waals surface area contributed by atoms with Crippen LogP contribution < -0.4 is 0 Å². The summed E-state index contributed by atoms with van der Waals surface area (Å²) in [7, 11) is 0. The molecule has 34 heavy (non-hydrogen) atoms. The van der Waals surface area contributed by atoms with E-state index in [9.17, 15) is 19.1 Å². The third-order valence-electron chi connectivity index (χ3n) is 6.40. The van der Waals surface area contributed by atoms with Crippen LogP contribution in [-0.2, 0) is 4.79 Å². The summed E-state index contributed by atoms with van der Waals surface area (Å²) in [6, 6.07) is 12.0. The second-order valence-corrected chi connectivity index (χ2v) is 8.58. The predicted molar refractivity (Wildman–Crippen MR) is 128 cm³/mol. The van der Waals surface area contributed by atoms with Crippen molar-refractivity contribution in [3.05, 3.63) is 82.6 Å². The van der Waals surface area contributed by atoms with Crippen LogP contribution in [0.3, 0.4) is 0 Å². The molecule has 2 heterocycles. The van der Waals surface area contributed by atoms with Gasteiger partial charge in [0.25, 0.3) is 5.91 Å². The van der Waals surface area contributed by atoms with Crippen molar-refractivity contribution in [1.29, 1.82) is 0 Å². The summed E-state index contributed by atoms with van der Waals surface area (Å²) in [5.74, 6) is -2.12. The monoisotopic (exact) mass is 464 g/mol. The van der Waals surface area contributed by atoms with Crippen molar-refractivity contribution < 1.29 is 23.5 Å². The number of rotatable bonds is 9. The van der Waals surface area contributed by atoms with Crippen molar-refractivity contribution >= 4 is 22.7 Å². The fourth-order valence-electron chi connectivity index (χ4n) is 4.52. The lowest BCUT2D eigenvalue weighted by Crippen LogP contribution is -2.34. The first-order valence-corrected chi connectivity index (χ1v) is 11.6. The second kappa shape index (κ2) is 9.81. The molecule has 0 aliphatic carbocycles. The largest absolute Gasteiger partial charge is 0.503 e. The van der Waals surface area contributed by atoms with Crippen molar-refractivity contribution in [2.75, 3.05) is 26.2 Å². The molecule has 0 saturated heterocycles. The van der Waals surface area contributed by atoms with Crippen LogP contribution in [0.25, 0.3) is 11.0 Å². The van der Waals surface area contributed by atoms with E-state index >= 15 is 0 Å². The normalized spacial score (nSPS) is 16.3. The lowest BCUT2D eigenvalue weighted by molar-refractivity contribution is -0.129. The standard InChI is InChI=1S/C27H29FN2O4/c1-4-29(5-2)13-6-14-30-24(18-8-10-20(28)11-9-18)23(26(32)27(30)33)25(31)22-16-19-15-17(3)7-12-21(19)34-22/h7-12,15-16,24,32H,4-6,13-14H2,1-3H3. The van der Waals surface area contributed by atoms with Gasteiger partial charge in [-0.2, -0.15) is 0 Å². The van der Waals surface area contributed by atoms with Crippen molar-refractivity contribution in [2.45, 2.75) is 33.2 Å². The number of amides is 1. The van der Waals surface area contributed by atoms with Crippen LogP contribution in [0, 0.1) is 12.7 Å². The molecular formula is C27H29FN2O4. The Labute approximate surface area is 198 Å². The van der Waals surface area contributed by atoms with Gasteiger partial charge < -0.3 is 19.3 Å². The van der Waals surface area contributed by atoms with Gasteiger partial charge in [-0.15, -0.1) is 0 Å². The third kappa shape index (κ3) is 4.48.